The van der Waals surface area contributed by atoms with Gasteiger partial charge in [-0.3, -0.25) is 10.1 Å². The monoisotopic (exact) mass is 250 g/mol. The average molecular weight is 250 g/mol. The number of aryl methyl sites for hydroxylation is 2. The Morgan fingerprint density at radius 3 is 2.76 bits per heavy atom. The number of carbonyl (C=O) groups is 1. The summed E-state index contributed by atoms with van der Waals surface area (Å²) in [6.45, 7) is 3.56. The number of rotatable bonds is 2. The summed E-state index contributed by atoms with van der Waals surface area (Å²) in [5.41, 5.74) is 1.93. The van der Waals surface area contributed by atoms with E-state index in [0.29, 0.717) is 16.3 Å². The van der Waals surface area contributed by atoms with Gasteiger partial charge in [0.15, 0.2) is 5.13 Å². The van der Waals surface area contributed by atoms with Gasteiger partial charge in [0.05, 0.1) is 5.69 Å². The number of amides is 1. The molecule has 3 nitrogen and oxygen atoms in total. The zero-order valence-electron chi connectivity index (χ0n) is 9.45. The summed E-state index contributed by atoms with van der Waals surface area (Å²) in [4.78, 5) is 16.0. The fraction of sp³-hybridized carbons (Fsp3) is 0.167. The van der Waals surface area contributed by atoms with Gasteiger partial charge in [-0.15, -0.1) is 11.3 Å². The maximum absolute atomic E-state index is 12.9. The lowest BCUT2D eigenvalue weighted by Gasteiger charge is -2.05. The lowest BCUT2D eigenvalue weighted by atomic mass is 10.1. The number of hydrogen-bond donors (Lipinski definition) is 1. The van der Waals surface area contributed by atoms with Crippen molar-refractivity contribution < 1.29 is 9.18 Å². The number of thiazole rings is 1. The van der Waals surface area contributed by atoms with Crippen molar-refractivity contribution in [2.75, 3.05) is 5.32 Å². The van der Waals surface area contributed by atoms with Crippen molar-refractivity contribution in [1.29, 1.82) is 0 Å². The van der Waals surface area contributed by atoms with E-state index in [2.05, 4.69) is 10.3 Å². The van der Waals surface area contributed by atoms with Gasteiger partial charge in [0.25, 0.3) is 5.91 Å². The molecule has 0 aliphatic rings. The molecular formula is C12H11FN2OS. The van der Waals surface area contributed by atoms with Gasteiger partial charge in [-0.2, -0.15) is 0 Å². The van der Waals surface area contributed by atoms with Crippen LogP contribution in [0.2, 0.25) is 0 Å². The van der Waals surface area contributed by atoms with Gasteiger partial charge in [-0.05, 0) is 37.6 Å². The second-order valence-electron chi connectivity index (χ2n) is 3.71. The second kappa shape index (κ2) is 4.63. The van der Waals surface area contributed by atoms with Crippen LogP contribution >= 0.6 is 11.3 Å². The van der Waals surface area contributed by atoms with Gasteiger partial charge >= 0.3 is 0 Å². The van der Waals surface area contributed by atoms with E-state index in [9.17, 15) is 9.18 Å². The number of anilines is 1. The minimum absolute atomic E-state index is 0.267. The Bertz CT molecular complexity index is 565. The van der Waals surface area contributed by atoms with E-state index in [1.807, 2.05) is 12.3 Å². The van der Waals surface area contributed by atoms with Crippen molar-refractivity contribution in [3.8, 4) is 0 Å². The second-order valence-corrected chi connectivity index (χ2v) is 4.57. The van der Waals surface area contributed by atoms with Crippen LogP contribution in [0.25, 0.3) is 0 Å². The highest BCUT2D eigenvalue weighted by Crippen LogP contribution is 2.17. The van der Waals surface area contributed by atoms with Crippen LogP contribution in [0.15, 0.2) is 23.6 Å². The summed E-state index contributed by atoms with van der Waals surface area (Å²) in [7, 11) is 0. The van der Waals surface area contributed by atoms with E-state index in [0.717, 1.165) is 5.69 Å². The van der Waals surface area contributed by atoms with Crippen LogP contribution in [0.5, 0.6) is 0 Å². The molecule has 0 atom stereocenters. The number of nitrogens with one attached hydrogen (secondary N) is 1. The van der Waals surface area contributed by atoms with Crippen molar-refractivity contribution in [1.82, 2.24) is 4.98 Å². The van der Waals surface area contributed by atoms with E-state index in [1.165, 1.54) is 29.5 Å². The molecule has 1 aromatic heterocycles. The molecule has 0 saturated heterocycles. The average Bonchev–Trinajstić information content (AvgIpc) is 2.63. The number of benzene rings is 1. The van der Waals surface area contributed by atoms with E-state index < -0.39 is 0 Å². The quantitative estimate of drug-likeness (QED) is 0.889. The van der Waals surface area contributed by atoms with Gasteiger partial charge in [-0.1, -0.05) is 0 Å². The third-order valence-electron chi connectivity index (χ3n) is 2.27. The zero-order chi connectivity index (χ0) is 12.4. The van der Waals surface area contributed by atoms with Crippen LogP contribution in [0, 0.1) is 19.7 Å². The number of aromatic nitrogens is 1. The van der Waals surface area contributed by atoms with Crippen LogP contribution in [0.1, 0.15) is 21.6 Å². The molecule has 1 amide bonds. The van der Waals surface area contributed by atoms with Gasteiger partial charge < -0.3 is 0 Å². The summed E-state index contributed by atoms with van der Waals surface area (Å²) >= 11 is 1.36. The lowest BCUT2D eigenvalue weighted by Crippen LogP contribution is -2.13. The van der Waals surface area contributed by atoms with Crippen molar-refractivity contribution >= 4 is 22.4 Å². The molecule has 0 unspecified atom stereocenters. The first-order valence-corrected chi connectivity index (χ1v) is 5.94. The van der Waals surface area contributed by atoms with Crippen LogP contribution in [0.3, 0.4) is 0 Å². The Morgan fingerprint density at radius 2 is 2.18 bits per heavy atom. The van der Waals surface area contributed by atoms with E-state index >= 15 is 0 Å². The molecule has 0 saturated carbocycles. The topological polar surface area (TPSA) is 42.0 Å². The van der Waals surface area contributed by atoms with Crippen molar-refractivity contribution in [2.24, 2.45) is 0 Å². The number of hydrogen-bond acceptors (Lipinski definition) is 3. The first kappa shape index (κ1) is 11.7. The molecule has 1 aromatic carbocycles. The molecule has 1 heterocycles. The largest absolute Gasteiger partial charge is 0.298 e. The fourth-order valence-electron chi connectivity index (χ4n) is 1.46. The first-order chi connectivity index (χ1) is 8.06. The van der Waals surface area contributed by atoms with Gasteiger partial charge in [0.1, 0.15) is 5.82 Å². The molecular weight excluding hydrogens is 239 g/mol. The normalized spacial score (nSPS) is 10.3. The maximum Gasteiger partial charge on any atom is 0.257 e. The molecule has 0 fully saturated rings. The Balaban J connectivity index is 2.20. The first-order valence-electron chi connectivity index (χ1n) is 5.06. The number of carbonyl (C=O) groups excluding carboxylic acids is 1. The van der Waals surface area contributed by atoms with E-state index in [1.54, 1.807) is 6.92 Å². The Labute approximate surface area is 102 Å². The maximum atomic E-state index is 12.9. The molecule has 0 radical (unpaired) electrons. The van der Waals surface area contributed by atoms with Gasteiger partial charge in [-0.25, -0.2) is 9.37 Å². The minimum atomic E-state index is -0.343. The standard InChI is InChI=1S/C12H11FN2OS/c1-7-5-9(13)3-4-10(7)11(16)15-12-14-8(2)6-17-12/h3-6H,1-2H3,(H,14,15,16). The predicted molar refractivity (Wildman–Crippen MR) is 65.9 cm³/mol. The number of halogens is 1. The minimum Gasteiger partial charge on any atom is -0.298 e. The Hall–Kier alpha value is -1.75. The molecule has 0 aliphatic carbocycles. The molecule has 0 aliphatic heterocycles. The molecule has 0 bridgehead atoms. The third kappa shape index (κ3) is 2.68. The highest BCUT2D eigenvalue weighted by molar-refractivity contribution is 7.13. The van der Waals surface area contributed by atoms with Crippen LogP contribution < -0.4 is 5.32 Å². The highest BCUT2D eigenvalue weighted by Gasteiger charge is 2.11. The molecule has 5 heteroatoms. The number of nitrogens with zero attached hydrogens (tertiary/aromatic N) is 1. The van der Waals surface area contributed by atoms with Gasteiger partial charge in [0.2, 0.25) is 0 Å². The Kier molecular flexibility index (Phi) is 3.19. The van der Waals surface area contributed by atoms with Crippen LogP contribution in [-0.4, -0.2) is 10.9 Å². The predicted octanol–water partition coefficient (Wildman–Crippen LogP) is 3.15. The summed E-state index contributed by atoms with van der Waals surface area (Å²) in [5, 5.41) is 5.09. The third-order valence-corrected chi connectivity index (χ3v) is 3.15. The molecule has 2 rings (SSSR count). The summed E-state index contributed by atoms with van der Waals surface area (Å²) < 4.78 is 12.9. The van der Waals surface area contributed by atoms with E-state index in [4.69, 9.17) is 0 Å². The molecule has 88 valence electrons. The Morgan fingerprint density at radius 1 is 1.41 bits per heavy atom. The van der Waals surface area contributed by atoms with Crippen molar-refractivity contribution in [3.05, 3.63) is 46.2 Å². The summed E-state index contributed by atoms with van der Waals surface area (Å²) in [5.74, 6) is -0.610. The fourth-order valence-corrected chi connectivity index (χ4v) is 2.14. The summed E-state index contributed by atoms with van der Waals surface area (Å²) in [6, 6.07) is 4.08. The zero-order valence-corrected chi connectivity index (χ0v) is 10.3. The van der Waals surface area contributed by atoms with Crippen molar-refractivity contribution in [3.63, 3.8) is 0 Å². The molecule has 17 heavy (non-hydrogen) atoms. The lowest BCUT2D eigenvalue weighted by molar-refractivity contribution is 0.102. The smallest absolute Gasteiger partial charge is 0.257 e. The van der Waals surface area contributed by atoms with Crippen LogP contribution in [0.4, 0.5) is 9.52 Å². The summed E-state index contributed by atoms with van der Waals surface area (Å²) in [6.07, 6.45) is 0. The highest BCUT2D eigenvalue weighted by atomic mass is 32.1. The molecule has 1 N–H and O–H groups in total. The molecule has 0 spiro atoms. The van der Waals surface area contributed by atoms with Crippen molar-refractivity contribution in [2.45, 2.75) is 13.8 Å². The SMILES string of the molecule is Cc1csc(NC(=O)c2ccc(F)cc2C)n1. The van der Waals surface area contributed by atoms with Gasteiger partial charge in [0, 0.05) is 10.9 Å². The molecule has 2 aromatic rings. The van der Waals surface area contributed by atoms with E-state index in [-0.39, 0.29) is 11.7 Å². The van der Waals surface area contributed by atoms with Crippen LogP contribution in [-0.2, 0) is 0 Å².